The number of imidazole rings is 2. The molecule has 0 unspecified atom stereocenters. The average molecular weight is 455 g/mol. The maximum absolute atomic E-state index is 6.58. The first-order valence-corrected chi connectivity index (χ1v) is 12.2. The van der Waals surface area contributed by atoms with E-state index in [2.05, 4.69) is 105 Å². The number of hydrogen-bond acceptors (Lipinski definition) is 2. The number of nitrogens with two attached hydrogens (primary N) is 2. The molecule has 0 atom stereocenters. The molecule has 34 heavy (non-hydrogen) atoms. The van der Waals surface area contributed by atoms with Crippen molar-refractivity contribution in [3.8, 4) is 0 Å². The van der Waals surface area contributed by atoms with Gasteiger partial charge in [-0.25, -0.2) is 18.3 Å². The highest BCUT2D eigenvalue weighted by molar-refractivity contribution is 5.74. The summed E-state index contributed by atoms with van der Waals surface area (Å²) in [7, 11) is 0. The molecule has 5 aromatic rings. The summed E-state index contributed by atoms with van der Waals surface area (Å²) in [5, 5.41) is 0. The lowest BCUT2D eigenvalue weighted by molar-refractivity contribution is -0.648. The molecule has 2 heterocycles. The van der Waals surface area contributed by atoms with Gasteiger partial charge in [0.2, 0.25) is 0 Å². The first kappa shape index (κ1) is 22.0. The SMILES string of the molecule is CCCn1c(N)[n+](Cc2ccc(C[n+]3c(N)n(CCC)c4ccccc43)cc2)c2ccccc21. The van der Waals surface area contributed by atoms with Crippen LogP contribution in [0.25, 0.3) is 22.1 Å². The number of nitrogens with zero attached hydrogens (tertiary/aromatic N) is 4. The molecule has 0 spiro atoms. The number of hydrogen-bond donors (Lipinski definition) is 2. The lowest BCUT2D eigenvalue weighted by Gasteiger charge is -2.06. The van der Waals surface area contributed by atoms with Gasteiger partial charge in [-0.15, -0.1) is 0 Å². The first-order chi connectivity index (χ1) is 16.6. The van der Waals surface area contributed by atoms with Gasteiger partial charge in [-0.2, -0.15) is 0 Å². The lowest BCUT2D eigenvalue weighted by Crippen LogP contribution is -2.38. The molecule has 0 saturated heterocycles. The molecule has 0 aliphatic rings. The number of para-hydroxylation sites is 4. The van der Waals surface area contributed by atoms with Gasteiger partial charge in [-0.3, -0.25) is 11.5 Å². The number of aryl methyl sites for hydroxylation is 2. The fourth-order valence-corrected chi connectivity index (χ4v) is 4.99. The van der Waals surface area contributed by atoms with Crippen LogP contribution >= 0.6 is 0 Å². The molecule has 0 aliphatic heterocycles. The minimum Gasteiger partial charge on any atom is -0.290 e. The van der Waals surface area contributed by atoms with Crippen LogP contribution in [0.2, 0.25) is 0 Å². The molecule has 6 heteroatoms. The Morgan fingerprint density at radius 1 is 0.588 bits per heavy atom. The van der Waals surface area contributed by atoms with Crippen LogP contribution in [0.5, 0.6) is 0 Å². The van der Waals surface area contributed by atoms with Gasteiger partial charge in [-0.05, 0) is 48.2 Å². The van der Waals surface area contributed by atoms with Crippen LogP contribution in [0.1, 0.15) is 37.8 Å². The maximum atomic E-state index is 6.58. The molecule has 0 aliphatic carbocycles. The molecule has 2 aromatic heterocycles. The van der Waals surface area contributed by atoms with E-state index < -0.39 is 0 Å². The molecular weight excluding hydrogens is 420 g/mol. The quantitative estimate of drug-likeness (QED) is 0.344. The molecule has 6 nitrogen and oxygen atoms in total. The van der Waals surface area contributed by atoms with Crippen molar-refractivity contribution in [3.63, 3.8) is 0 Å². The van der Waals surface area contributed by atoms with E-state index in [0.29, 0.717) is 0 Å². The standard InChI is InChI=1S/C28H32N6/c1-3-17-31-23-9-5-7-11-25(23)33(27(31)29)19-21-13-15-22(16-14-21)20-34-26-12-8-6-10-24(26)32(18-4-2)28(34)30/h5-16,29-30H,3-4,17-20H2,1-2H3/p+2. The predicted molar refractivity (Wildman–Crippen MR) is 138 cm³/mol. The van der Waals surface area contributed by atoms with Crippen LogP contribution in [-0.2, 0) is 26.2 Å². The monoisotopic (exact) mass is 454 g/mol. The summed E-state index contributed by atoms with van der Waals surface area (Å²) >= 11 is 0. The van der Waals surface area contributed by atoms with E-state index in [1.54, 1.807) is 0 Å². The molecule has 4 N–H and O–H groups in total. The fraction of sp³-hybridized carbons (Fsp3) is 0.286. The highest BCUT2D eigenvalue weighted by Crippen LogP contribution is 2.19. The molecular formula is C28H34N6+2. The molecule has 0 radical (unpaired) electrons. The zero-order valence-electron chi connectivity index (χ0n) is 20.1. The van der Waals surface area contributed by atoms with E-state index in [4.69, 9.17) is 11.5 Å². The number of aromatic nitrogens is 4. The van der Waals surface area contributed by atoms with E-state index in [-0.39, 0.29) is 0 Å². The van der Waals surface area contributed by atoms with Gasteiger partial charge in [-0.1, -0.05) is 62.4 Å². The molecule has 3 aromatic carbocycles. The highest BCUT2D eigenvalue weighted by atomic mass is 15.2. The Morgan fingerprint density at radius 3 is 1.35 bits per heavy atom. The van der Waals surface area contributed by atoms with E-state index in [0.717, 1.165) is 50.9 Å². The van der Waals surface area contributed by atoms with Crippen molar-refractivity contribution in [2.45, 2.75) is 52.9 Å². The number of rotatable bonds is 8. The summed E-state index contributed by atoms with van der Waals surface area (Å²) in [6.07, 6.45) is 2.10. The molecule has 0 bridgehead atoms. The summed E-state index contributed by atoms with van der Waals surface area (Å²) in [6.45, 7) is 7.69. The largest absolute Gasteiger partial charge is 0.356 e. The van der Waals surface area contributed by atoms with Crippen LogP contribution in [0.15, 0.2) is 72.8 Å². The van der Waals surface area contributed by atoms with Gasteiger partial charge in [0.1, 0.15) is 22.1 Å². The van der Waals surface area contributed by atoms with Crippen molar-refractivity contribution in [2.24, 2.45) is 0 Å². The van der Waals surface area contributed by atoms with Crippen LogP contribution in [0.3, 0.4) is 0 Å². The van der Waals surface area contributed by atoms with Gasteiger partial charge in [0.15, 0.2) is 0 Å². The zero-order chi connectivity index (χ0) is 23.7. The topological polar surface area (TPSA) is 69.7 Å². The van der Waals surface area contributed by atoms with Gasteiger partial charge in [0.25, 0.3) is 0 Å². The van der Waals surface area contributed by atoms with Crippen molar-refractivity contribution >= 4 is 34.0 Å². The predicted octanol–water partition coefficient (Wildman–Crippen LogP) is 4.25. The normalized spacial score (nSPS) is 11.6. The molecule has 0 amide bonds. The number of anilines is 2. The zero-order valence-corrected chi connectivity index (χ0v) is 20.1. The van der Waals surface area contributed by atoms with Crippen molar-refractivity contribution in [1.29, 1.82) is 0 Å². The first-order valence-electron chi connectivity index (χ1n) is 12.2. The molecule has 0 fully saturated rings. The number of nitrogen functional groups attached to an aromatic ring is 2. The van der Waals surface area contributed by atoms with Gasteiger partial charge >= 0.3 is 11.9 Å². The van der Waals surface area contributed by atoms with E-state index in [1.165, 1.54) is 33.2 Å². The second kappa shape index (κ2) is 9.21. The number of benzene rings is 3. The van der Waals surface area contributed by atoms with Crippen molar-refractivity contribution < 1.29 is 9.13 Å². The van der Waals surface area contributed by atoms with Crippen molar-refractivity contribution in [3.05, 3.63) is 83.9 Å². The van der Waals surface area contributed by atoms with E-state index in [9.17, 15) is 0 Å². The van der Waals surface area contributed by atoms with Gasteiger partial charge < -0.3 is 0 Å². The summed E-state index contributed by atoms with van der Waals surface area (Å²) in [4.78, 5) is 0. The minimum atomic E-state index is 0.744. The lowest BCUT2D eigenvalue weighted by atomic mass is 10.1. The van der Waals surface area contributed by atoms with Crippen molar-refractivity contribution in [2.75, 3.05) is 11.5 Å². The second-order valence-electron chi connectivity index (χ2n) is 8.99. The molecule has 174 valence electrons. The summed E-state index contributed by atoms with van der Waals surface area (Å²) in [5.74, 6) is 1.61. The Kier molecular flexibility index (Phi) is 5.97. The van der Waals surface area contributed by atoms with Gasteiger partial charge in [0.05, 0.1) is 26.2 Å². The second-order valence-corrected chi connectivity index (χ2v) is 8.99. The smallest absolute Gasteiger partial charge is 0.290 e. The Labute approximate surface area is 200 Å². The maximum Gasteiger partial charge on any atom is 0.356 e. The van der Waals surface area contributed by atoms with Crippen LogP contribution in [0.4, 0.5) is 11.9 Å². The third-order valence-corrected chi connectivity index (χ3v) is 6.63. The third kappa shape index (κ3) is 3.79. The van der Waals surface area contributed by atoms with E-state index in [1.807, 2.05) is 0 Å². The van der Waals surface area contributed by atoms with Crippen LogP contribution < -0.4 is 20.6 Å². The fourth-order valence-electron chi connectivity index (χ4n) is 4.99. The Balaban J connectivity index is 1.43. The summed E-state index contributed by atoms with van der Waals surface area (Å²) < 4.78 is 8.86. The number of fused-ring (bicyclic) bond motifs is 2. The van der Waals surface area contributed by atoms with Crippen LogP contribution in [-0.4, -0.2) is 9.13 Å². The van der Waals surface area contributed by atoms with Crippen molar-refractivity contribution in [1.82, 2.24) is 9.13 Å². The Hall–Kier alpha value is -3.80. The third-order valence-electron chi connectivity index (χ3n) is 6.63. The van der Waals surface area contributed by atoms with Crippen LogP contribution in [0, 0.1) is 0 Å². The Bertz CT molecular complexity index is 1330. The van der Waals surface area contributed by atoms with E-state index >= 15 is 0 Å². The summed E-state index contributed by atoms with van der Waals surface area (Å²) in [6, 6.07) is 25.7. The average Bonchev–Trinajstić information content (AvgIpc) is 3.27. The molecule has 5 rings (SSSR count). The molecule has 0 saturated carbocycles. The summed E-state index contributed by atoms with van der Waals surface area (Å²) in [5.41, 5.74) is 20.3. The van der Waals surface area contributed by atoms with Gasteiger partial charge in [0, 0.05) is 0 Å². The highest BCUT2D eigenvalue weighted by Gasteiger charge is 2.22. The Morgan fingerprint density at radius 2 is 0.971 bits per heavy atom. The minimum absolute atomic E-state index is 0.744.